The lowest BCUT2D eigenvalue weighted by Crippen LogP contribution is -2.30. The summed E-state index contributed by atoms with van der Waals surface area (Å²) in [6.07, 6.45) is 0.424. The second kappa shape index (κ2) is 1.94. The molecule has 0 aromatic heterocycles. The van der Waals surface area contributed by atoms with Crippen LogP contribution in [0.1, 0.15) is 20.3 Å². The van der Waals surface area contributed by atoms with E-state index in [0.717, 1.165) is 0 Å². The van der Waals surface area contributed by atoms with E-state index in [0.29, 0.717) is 6.42 Å². The van der Waals surface area contributed by atoms with E-state index in [9.17, 15) is 0 Å². The molecule has 0 saturated carbocycles. The molecule has 0 aromatic rings. The summed E-state index contributed by atoms with van der Waals surface area (Å²) >= 11 is 0. The Balaban J connectivity index is 3.40. The summed E-state index contributed by atoms with van der Waals surface area (Å²) in [5.41, 5.74) is 5.11. The third-order valence-corrected chi connectivity index (χ3v) is 0.535. The minimum atomic E-state index is -0.311. The molecule has 0 amide bonds. The standard InChI is InChI=1S/C5H10N2/c1-5(2,7)3-4-6/h3,7H2,1-2H3. The first-order valence-electron chi connectivity index (χ1n) is 2.22. The molecule has 0 fully saturated rings. The largest absolute Gasteiger partial charge is 0.325 e. The fourth-order valence-corrected chi connectivity index (χ4v) is 0.204. The number of hydrogen-bond acceptors (Lipinski definition) is 2. The zero-order chi connectivity index (χ0) is 5.91. The van der Waals surface area contributed by atoms with Crippen molar-refractivity contribution >= 4 is 0 Å². The van der Waals surface area contributed by atoms with Crippen molar-refractivity contribution in [2.75, 3.05) is 0 Å². The number of nitrogens with two attached hydrogens (primary N) is 1. The van der Waals surface area contributed by atoms with Gasteiger partial charge in [0.15, 0.2) is 0 Å². The van der Waals surface area contributed by atoms with E-state index in [1.165, 1.54) is 0 Å². The highest BCUT2D eigenvalue weighted by Crippen LogP contribution is 1.99. The molecule has 2 heteroatoms. The van der Waals surface area contributed by atoms with Crippen molar-refractivity contribution in [3.8, 4) is 6.07 Å². The van der Waals surface area contributed by atoms with Crippen molar-refractivity contribution in [2.45, 2.75) is 25.8 Å². The van der Waals surface area contributed by atoms with E-state index in [1.54, 1.807) is 0 Å². The van der Waals surface area contributed by atoms with Crippen LogP contribution in [0.3, 0.4) is 0 Å². The molecule has 2 nitrogen and oxygen atoms in total. The van der Waals surface area contributed by atoms with Crippen molar-refractivity contribution in [3.63, 3.8) is 0 Å². The van der Waals surface area contributed by atoms with Gasteiger partial charge in [-0.1, -0.05) is 0 Å². The van der Waals surface area contributed by atoms with Crippen LogP contribution in [-0.4, -0.2) is 5.54 Å². The molecule has 0 bridgehead atoms. The smallest absolute Gasteiger partial charge is 0.0640 e. The molecule has 0 atom stereocenters. The molecule has 0 unspecified atom stereocenters. The Morgan fingerprint density at radius 1 is 1.71 bits per heavy atom. The summed E-state index contributed by atoms with van der Waals surface area (Å²) in [7, 11) is 0. The van der Waals surface area contributed by atoms with E-state index in [-0.39, 0.29) is 5.54 Å². The monoisotopic (exact) mass is 98.1 g/mol. The van der Waals surface area contributed by atoms with Gasteiger partial charge in [0.25, 0.3) is 0 Å². The molecule has 0 rings (SSSR count). The summed E-state index contributed by atoms with van der Waals surface area (Å²) in [6.45, 7) is 3.66. The van der Waals surface area contributed by atoms with Crippen LogP contribution in [-0.2, 0) is 0 Å². The Hall–Kier alpha value is -0.550. The summed E-state index contributed by atoms with van der Waals surface area (Å²) in [5, 5.41) is 8.07. The van der Waals surface area contributed by atoms with Gasteiger partial charge in [0.2, 0.25) is 0 Å². The van der Waals surface area contributed by atoms with Crippen LogP contribution in [0.4, 0.5) is 0 Å². The predicted octanol–water partition coefficient (Wildman–Crippen LogP) is 0.637. The third kappa shape index (κ3) is 5.45. The SMILES string of the molecule is CC(C)(N)CC#N. The summed E-state index contributed by atoms with van der Waals surface area (Å²) in [4.78, 5) is 0. The molecule has 0 saturated heterocycles. The maximum Gasteiger partial charge on any atom is 0.0640 e. The van der Waals surface area contributed by atoms with Crippen molar-refractivity contribution in [1.29, 1.82) is 5.26 Å². The lowest BCUT2D eigenvalue weighted by atomic mass is 10.0. The molecular weight excluding hydrogens is 88.1 g/mol. The van der Waals surface area contributed by atoms with Crippen LogP contribution in [0.2, 0.25) is 0 Å². The quantitative estimate of drug-likeness (QED) is 0.523. The van der Waals surface area contributed by atoms with E-state index >= 15 is 0 Å². The van der Waals surface area contributed by atoms with E-state index < -0.39 is 0 Å². The summed E-state index contributed by atoms with van der Waals surface area (Å²) in [5.74, 6) is 0. The Labute approximate surface area is 43.9 Å². The van der Waals surface area contributed by atoms with Gasteiger partial charge in [-0.25, -0.2) is 0 Å². The Bertz CT molecular complexity index is 83.2. The Morgan fingerprint density at radius 2 is 2.14 bits per heavy atom. The van der Waals surface area contributed by atoms with Crippen LogP contribution in [0.15, 0.2) is 0 Å². The number of nitriles is 1. The van der Waals surface area contributed by atoms with Gasteiger partial charge in [-0.05, 0) is 13.8 Å². The van der Waals surface area contributed by atoms with Gasteiger partial charge in [-0.15, -0.1) is 0 Å². The van der Waals surface area contributed by atoms with Gasteiger partial charge >= 0.3 is 0 Å². The van der Waals surface area contributed by atoms with Gasteiger partial charge in [0.1, 0.15) is 0 Å². The van der Waals surface area contributed by atoms with Gasteiger partial charge in [-0.3, -0.25) is 0 Å². The first-order chi connectivity index (χ1) is 3.06. The van der Waals surface area contributed by atoms with Crippen LogP contribution >= 0.6 is 0 Å². The average Bonchev–Trinajstić information content (AvgIpc) is 1.30. The van der Waals surface area contributed by atoms with Gasteiger partial charge in [0, 0.05) is 5.54 Å². The zero-order valence-corrected chi connectivity index (χ0v) is 4.73. The molecule has 0 aliphatic carbocycles. The topological polar surface area (TPSA) is 49.8 Å². The molecule has 0 radical (unpaired) electrons. The second-order valence-electron chi connectivity index (χ2n) is 2.32. The fraction of sp³-hybridized carbons (Fsp3) is 0.800. The van der Waals surface area contributed by atoms with Crippen LogP contribution in [0.25, 0.3) is 0 Å². The molecule has 0 aromatic carbocycles. The Kier molecular flexibility index (Phi) is 1.79. The van der Waals surface area contributed by atoms with E-state index in [2.05, 4.69) is 0 Å². The summed E-state index contributed by atoms with van der Waals surface area (Å²) < 4.78 is 0. The predicted molar refractivity (Wildman–Crippen MR) is 28.5 cm³/mol. The first kappa shape index (κ1) is 6.45. The molecule has 7 heavy (non-hydrogen) atoms. The zero-order valence-electron chi connectivity index (χ0n) is 4.73. The van der Waals surface area contributed by atoms with Crippen molar-refractivity contribution in [2.24, 2.45) is 5.73 Å². The highest BCUT2D eigenvalue weighted by Gasteiger charge is 2.07. The van der Waals surface area contributed by atoms with Crippen molar-refractivity contribution < 1.29 is 0 Å². The molecular formula is C5H10N2. The molecule has 0 heterocycles. The highest BCUT2D eigenvalue weighted by atomic mass is 14.7. The minimum absolute atomic E-state index is 0.311. The van der Waals surface area contributed by atoms with Gasteiger partial charge in [0.05, 0.1) is 12.5 Å². The first-order valence-corrected chi connectivity index (χ1v) is 2.22. The molecule has 0 aliphatic heterocycles. The number of nitrogens with zero attached hydrogens (tertiary/aromatic N) is 1. The summed E-state index contributed by atoms with van der Waals surface area (Å²) in [6, 6.07) is 1.98. The maximum atomic E-state index is 8.07. The normalized spacial score (nSPS) is 10.6. The van der Waals surface area contributed by atoms with Crippen LogP contribution < -0.4 is 5.73 Å². The lowest BCUT2D eigenvalue weighted by molar-refractivity contribution is 0.533. The van der Waals surface area contributed by atoms with Crippen molar-refractivity contribution in [3.05, 3.63) is 0 Å². The minimum Gasteiger partial charge on any atom is -0.325 e. The molecule has 0 aliphatic rings. The van der Waals surface area contributed by atoms with Crippen LogP contribution in [0.5, 0.6) is 0 Å². The van der Waals surface area contributed by atoms with Gasteiger partial charge < -0.3 is 5.73 Å². The van der Waals surface area contributed by atoms with E-state index in [4.69, 9.17) is 11.0 Å². The molecule has 2 N–H and O–H groups in total. The molecule has 0 spiro atoms. The van der Waals surface area contributed by atoms with Crippen LogP contribution in [0, 0.1) is 11.3 Å². The van der Waals surface area contributed by atoms with E-state index in [1.807, 2.05) is 19.9 Å². The number of rotatable bonds is 1. The molecule has 40 valence electrons. The average molecular weight is 98.1 g/mol. The fourth-order valence-electron chi connectivity index (χ4n) is 0.204. The third-order valence-electron chi connectivity index (χ3n) is 0.535. The maximum absolute atomic E-state index is 8.07. The lowest BCUT2D eigenvalue weighted by Gasteiger charge is -2.11. The number of hydrogen-bond donors (Lipinski definition) is 1. The Morgan fingerprint density at radius 3 is 2.14 bits per heavy atom. The van der Waals surface area contributed by atoms with Gasteiger partial charge in [-0.2, -0.15) is 5.26 Å². The highest BCUT2D eigenvalue weighted by molar-refractivity contribution is 4.84. The van der Waals surface area contributed by atoms with Crippen molar-refractivity contribution in [1.82, 2.24) is 0 Å². The second-order valence-corrected chi connectivity index (χ2v) is 2.32.